The molecule has 0 fully saturated rings. The smallest absolute Gasteiger partial charge is 0.239 e. The van der Waals surface area contributed by atoms with Crippen LogP contribution >= 0.6 is 22.3 Å². The van der Waals surface area contributed by atoms with Gasteiger partial charge in [0.1, 0.15) is 4.90 Å². The third-order valence-electron chi connectivity index (χ3n) is 1.93. The second-order valence-electron chi connectivity index (χ2n) is 2.88. The molecule has 0 unspecified atom stereocenters. The Bertz CT molecular complexity index is 606. The molecule has 0 radical (unpaired) electrons. The van der Waals surface area contributed by atoms with Gasteiger partial charge in [-0.05, 0) is 12.1 Å². The maximum atomic E-state index is 11.3. The van der Waals surface area contributed by atoms with Gasteiger partial charge in [0.2, 0.25) is 0 Å². The Labute approximate surface area is 95.8 Å². The fourth-order valence-corrected chi connectivity index (χ4v) is 2.95. The summed E-state index contributed by atoms with van der Waals surface area (Å²) in [5, 5.41) is 4.02. The molecule has 2 aromatic rings. The van der Waals surface area contributed by atoms with Crippen LogP contribution in [-0.4, -0.2) is 18.0 Å². The summed E-state index contributed by atoms with van der Waals surface area (Å²) in [6, 6.07) is 5.07. The molecule has 0 aliphatic carbocycles. The van der Waals surface area contributed by atoms with E-state index in [2.05, 4.69) is 5.10 Å². The summed E-state index contributed by atoms with van der Waals surface area (Å²) in [4.78, 5) is -0.0141. The Morgan fingerprint density at radius 3 is 2.73 bits per heavy atom. The second kappa shape index (κ2) is 3.66. The third kappa shape index (κ3) is 1.82. The van der Waals surface area contributed by atoms with Gasteiger partial charge in [-0.25, -0.2) is 12.9 Å². The van der Waals surface area contributed by atoms with Crippen LogP contribution in [0, 0.1) is 0 Å². The largest absolute Gasteiger partial charge is 0.265 e. The molecule has 4 nitrogen and oxygen atoms in total. The van der Waals surface area contributed by atoms with Crippen LogP contribution in [0.1, 0.15) is 5.69 Å². The number of aromatic nitrogens is 2. The third-order valence-corrected chi connectivity index (χ3v) is 3.58. The van der Waals surface area contributed by atoms with Crippen LogP contribution in [0.3, 0.4) is 0 Å². The van der Waals surface area contributed by atoms with Crippen LogP contribution < -0.4 is 0 Å². The van der Waals surface area contributed by atoms with Crippen molar-refractivity contribution in [3.63, 3.8) is 0 Å². The van der Waals surface area contributed by atoms with Gasteiger partial charge < -0.3 is 0 Å². The molecule has 0 atom stereocenters. The Morgan fingerprint density at radius 1 is 1.40 bits per heavy atom. The molecular formula is C8H6Cl2N2O2S. The van der Waals surface area contributed by atoms with E-state index in [-0.39, 0.29) is 16.5 Å². The van der Waals surface area contributed by atoms with Crippen LogP contribution in [0.25, 0.3) is 5.52 Å². The molecular weight excluding hydrogens is 259 g/mol. The molecule has 0 saturated heterocycles. The summed E-state index contributed by atoms with van der Waals surface area (Å²) in [6.07, 6.45) is 1.64. The minimum Gasteiger partial charge on any atom is -0.239 e. The zero-order valence-electron chi connectivity index (χ0n) is 7.39. The maximum absolute atomic E-state index is 11.3. The summed E-state index contributed by atoms with van der Waals surface area (Å²) in [7, 11) is 1.50. The minimum atomic E-state index is -3.82. The first kappa shape index (κ1) is 10.7. The van der Waals surface area contributed by atoms with Gasteiger partial charge in [-0.2, -0.15) is 5.10 Å². The fraction of sp³-hybridized carbons (Fsp3) is 0.125. The molecule has 80 valence electrons. The standard InChI is InChI=1S/C8H6Cl2N2O2S/c9-5-6-8(15(10,13)14)7-3-1-2-4-12(7)11-6/h1-4H,5H2. The van der Waals surface area contributed by atoms with E-state index in [9.17, 15) is 8.42 Å². The lowest BCUT2D eigenvalue weighted by atomic mass is 10.4. The van der Waals surface area contributed by atoms with Gasteiger partial charge in [0.15, 0.2) is 0 Å². The Morgan fingerprint density at radius 2 is 2.13 bits per heavy atom. The van der Waals surface area contributed by atoms with Gasteiger partial charge >= 0.3 is 0 Å². The van der Waals surface area contributed by atoms with E-state index in [0.717, 1.165) is 0 Å². The monoisotopic (exact) mass is 264 g/mol. The van der Waals surface area contributed by atoms with E-state index in [1.807, 2.05) is 0 Å². The van der Waals surface area contributed by atoms with Gasteiger partial charge in [-0.1, -0.05) is 6.07 Å². The highest BCUT2D eigenvalue weighted by Crippen LogP contribution is 2.25. The predicted molar refractivity (Wildman–Crippen MR) is 57.8 cm³/mol. The van der Waals surface area contributed by atoms with Crippen molar-refractivity contribution < 1.29 is 8.42 Å². The van der Waals surface area contributed by atoms with Crippen LogP contribution in [-0.2, 0) is 14.9 Å². The molecule has 2 rings (SSSR count). The van der Waals surface area contributed by atoms with Crippen molar-refractivity contribution in [3.05, 3.63) is 30.1 Å². The first-order valence-corrected chi connectivity index (χ1v) is 6.85. The van der Waals surface area contributed by atoms with E-state index in [0.29, 0.717) is 5.52 Å². The summed E-state index contributed by atoms with van der Waals surface area (Å²) in [6.45, 7) is 0. The summed E-state index contributed by atoms with van der Waals surface area (Å²) >= 11 is 5.61. The van der Waals surface area contributed by atoms with E-state index < -0.39 is 9.05 Å². The lowest BCUT2D eigenvalue weighted by Crippen LogP contribution is -1.93. The number of halogens is 2. The average Bonchev–Trinajstić information content (AvgIpc) is 2.54. The molecule has 0 spiro atoms. The molecule has 0 bridgehead atoms. The van der Waals surface area contributed by atoms with Gasteiger partial charge in [-0.15, -0.1) is 11.6 Å². The Kier molecular flexibility index (Phi) is 2.62. The Balaban J connectivity index is 2.91. The molecule has 2 aromatic heterocycles. The molecule has 15 heavy (non-hydrogen) atoms. The summed E-state index contributed by atoms with van der Waals surface area (Å²) < 4.78 is 24.1. The normalized spacial score (nSPS) is 12.1. The number of hydrogen-bond acceptors (Lipinski definition) is 3. The van der Waals surface area contributed by atoms with Crippen LogP contribution in [0.15, 0.2) is 29.3 Å². The number of nitrogens with zero attached hydrogens (tertiary/aromatic N) is 2. The SMILES string of the molecule is O=S(=O)(Cl)c1c(CCl)nn2ccccc12. The zero-order valence-corrected chi connectivity index (χ0v) is 9.72. The number of alkyl halides is 1. The highest BCUT2D eigenvalue weighted by molar-refractivity contribution is 8.14. The van der Waals surface area contributed by atoms with Crippen molar-refractivity contribution in [3.8, 4) is 0 Å². The van der Waals surface area contributed by atoms with Crippen molar-refractivity contribution in [2.24, 2.45) is 0 Å². The number of fused-ring (bicyclic) bond motifs is 1. The van der Waals surface area contributed by atoms with E-state index in [1.54, 1.807) is 24.4 Å². The van der Waals surface area contributed by atoms with Gasteiger partial charge in [0, 0.05) is 16.9 Å². The van der Waals surface area contributed by atoms with Crippen molar-refractivity contribution in [1.29, 1.82) is 0 Å². The second-order valence-corrected chi connectivity index (χ2v) is 5.65. The van der Waals surface area contributed by atoms with Gasteiger partial charge in [-0.3, -0.25) is 0 Å². The zero-order chi connectivity index (χ0) is 11.1. The highest BCUT2D eigenvalue weighted by Gasteiger charge is 2.22. The number of hydrogen-bond donors (Lipinski definition) is 0. The highest BCUT2D eigenvalue weighted by atomic mass is 35.7. The lowest BCUT2D eigenvalue weighted by Gasteiger charge is -1.94. The van der Waals surface area contributed by atoms with Crippen LogP contribution in [0.5, 0.6) is 0 Å². The lowest BCUT2D eigenvalue weighted by molar-refractivity contribution is 0.609. The molecule has 2 heterocycles. The minimum absolute atomic E-state index is 0.00294. The summed E-state index contributed by atoms with van der Waals surface area (Å²) in [5.41, 5.74) is 0.695. The van der Waals surface area contributed by atoms with E-state index in [4.69, 9.17) is 22.3 Å². The maximum Gasteiger partial charge on any atom is 0.265 e. The molecule has 0 N–H and O–H groups in total. The van der Waals surface area contributed by atoms with Crippen molar-refractivity contribution in [2.45, 2.75) is 10.8 Å². The topological polar surface area (TPSA) is 51.4 Å². The molecule has 0 aromatic carbocycles. The molecule has 0 aliphatic rings. The van der Waals surface area contributed by atoms with E-state index >= 15 is 0 Å². The summed E-state index contributed by atoms with van der Waals surface area (Å²) in [5.74, 6) is 0.00294. The number of pyridine rings is 1. The predicted octanol–water partition coefficient (Wildman–Crippen LogP) is 2.00. The quantitative estimate of drug-likeness (QED) is 0.616. The average molecular weight is 265 g/mol. The van der Waals surface area contributed by atoms with Crippen molar-refractivity contribution >= 4 is 36.9 Å². The van der Waals surface area contributed by atoms with Crippen molar-refractivity contribution in [2.75, 3.05) is 0 Å². The van der Waals surface area contributed by atoms with Crippen LogP contribution in [0.4, 0.5) is 0 Å². The van der Waals surface area contributed by atoms with Crippen molar-refractivity contribution in [1.82, 2.24) is 9.61 Å². The van der Waals surface area contributed by atoms with Gasteiger partial charge in [0.25, 0.3) is 9.05 Å². The van der Waals surface area contributed by atoms with Crippen LogP contribution in [0.2, 0.25) is 0 Å². The molecule has 0 saturated carbocycles. The molecule has 0 amide bonds. The first-order chi connectivity index (χ1) is 7.04. The van der Waals surface area contributed by atoms with Gasteiger partial charge in [0.05, 0.1) is 17.1 Å². The molecule has 7 heteroatoms. The fourth-order valence-electron chi connectivity index (χ4n) is 1.38. The Hall–Kier alpha value is -0.780. The first-order valence-electron chi connectivity index (χ1n) is 4.01. The van der Waals surface area contributed by atoms with E-state index in [1.165, 1.54) is 4.52 Å². The number of rotatable bonds is 2. The molecule has 0 aliphatic heterocycles.